The molecule has 20 heavy (non-hydrogen) atoms. The Balaban J connectivity index is 2.69. The van der Waals surface area contributed by atoms with E-state index in [1.807, 2.05) is 24.8 Å². The summed E-state index contributed by atoms with van der Waals surface area (Å²) in [5.41, 5.74) is 1.19. The fraction of sp³-hybridized carbons (Fsp3) is 0.600. The van der Waals surface area contributed by atoms with Gasteiger partial charge in [-0.3, -0.25) is 0 Å². The van der Waals surface area contributed by atoms with E-state index < -0.39 is 0 Å². The zero-order chi connectivity index (χ0) is 15.0. The van der Waals surface area contributed by atoms with Crippen LogP contribution < -0.4 is 14.8 Å². The normalized spacial score (nSPS) is 12.2. The smallest absolute Gasteiger partial charge is 0.175 e. The highest BCUT2D eigenvalue weighted by Gasteiger charge is 2.11. The highest BCUT2D eigenvalue weighted by atomic mass is 79.9. The van der Waals surface area contributed by atoms with Gasteiger partial charge in [0.25, 0.3) is 0 Å². The summed E-state index contributed by atoms with van der Waals surface area (Å²) in [7, 11) is 1.67. The van der Waals surface area contributed by atoms with Crippen molar-refractivity contribution in [1.82, 2.24) is 5.32 Å². The molecule has 0 aromatic heterocycles. The van der Waals surface area contributed by atoms with Crippen LogP contribution in [0.15, 0.2) is 16.6 Å². The van der Waals surface area contributed by atoms with Crippen molar-refractivity contribution in [2.24, 2.45) is 0 Å². The molecule has 0 heterocycles. The number of halogens is 1. The molecular weight excluding hydrogens is 338 g/mol. The van der Waals surface area contributed by atoms with Gasteiger partial charge in [0.1, 0.15) is 0 Å². The molecule has 0 aliphatic rings. The van der Waals surface area contributed by atoms with Crippen molar-refractivity contribution in [2.45, 2.75) is 32.9 Å². The lowest BCUT2D eigenvalue weighted by atomic mass is 10.1. The third-order valence-electron chi connectivity index (χ3n) is 2.99. The summed E-state index contributed by atoms with van der Waals surface area (Å²) in [6.07, 6.45) is 3.32. The molecule has 114 valence electrons. The highest BCUT2D eigenvalue weighted by Crippen LogP contribution is 2.36. The molecule has 0 saturated heterocycles. The van der Waals surface area contributed by atoms with Crippen molar-refractivity contribution >= 4 is 27.7 Å². The first-order valence-corrected chi connectivity index (χ1v) is 9.02. The third-order valence-corrected chi connectivity index (χ3v) is 4.22. The summed E-state index contributed by atoms with van der Waals surface area (Å²) in [5, 5.41) is 3.53. The van der Waals surface area contributed by atoms with Crippen LogP contribution in [0.4, 0.5) is 0 Å². The van der Waals surface area contributed by atoms with Crippen LogP contribution in [-0.4, -0.2) is 31.8 Å². The fourth-order valence-electron chi connectivity index (χ4n) is 1.85. The predicted octanol–water partition coefficient (Wildman–Crippen LogP) is 4.09. The molecule has 5 heteroatoms. The van der Waals surface area contributed by atoms with Crippen molar-refractivity contribution in [3.05, 3.63) is 22.2 Å². The Hall–Kier alpha value is -0.390. The monoisotopic (exact) mass is 361 g/mol. The van der Waals surface area contributed by atoms with E-state index in [0.29, 0.717) is 12.6 Å². The molecule has 3 nitrogen and oxygen atoms in total. The van der Waals surface area contributed by atoms with Crippen molar-refractivity contribution < 1.29 is 9.47 Å². The van der Waals surface area contributed by atoms with E-state index in [2.05, 4.69) is 40.5 Å². The fourth-order valence-corrected chi connectivity index (χ4v) is 3.04. The molecule has 0 saturated carbocycles. The summed E-state index contributed by atoms with van der Waals surface area (Å²) in [6.45, 7) is 5.64. The molecule has 1 N–H and O–H groups in total. The van der Waals surface area contributed by atoms with E-state index in [0.717, 1.165) is 22.5 Å². The molecular formula is C15H24BrNO2S. The van der Waals surface area contributed by atoms with Gasteiger partial charge in [-0.15, -0.1) is 0 Å². The van der Waals surface area contributed by atoms with Gasteiger partial charge >= 0.3 is 0 Å². The van der Waals surface area contributed by atoms with Crippen LogP contribution in [0.5, 0.6) is 11.5 Å². The van der Waals surface area contributed by atoms with Crippen molar-refractivity contribution in [3.63, 3.8) is 0 Å². The van der Waals surface area contributed by atoms with Crippen LogP contribution in [0.2, 0.25) is 0 Å². The largest absolute Gasteiger partial charge is 0.493 e. The van der Waals surface area contributed by atoms with Crippen LogP contribution in [-0.2, 0) is 6.54 Å². The van der Waals surface area contributed by atoms with Gasteiger partial charge < -0.3 is 14.8 Å². The van der Waals surface area contributed by atoms with Gasteiger partial charge in [-0.2, -0.15) is 11.8 Å². The Kier molecular flexibility index (Phi) is 8.41. The second-order valence-electron chi connectivity index (χ2n) is 4.61. The Morgan fingerprint density at radius 2 is 2.15 bits per heavy atom. The molecule has 0 amide bonds. The highest BCUT2D eigenvalue weighted by molar-refractivity contribution is 9.10. The first kappa shape index (κ1) is 17.7. The SMILES string of the molecule is CCOc1c(Br)cc(CNC(C)CCSC)cc1OC. The molecule has 0 radical (unpaired) electrons. The topological polar surface area (TPSA) is 30.5 Å². The van der Waals surface area contributed by atoms with Gasteiger partial charge in [-0.25, -0.2) is 0 Å². The summed E-state index contributed by atoms with van der Waals surface area (Å²) in [5.74, 6) is 2.73. The second-order valence-corrected chi connectivity index (χ2v) is 6.45. The zero-order valence-electron chi connectivity index (χ0n) is 12.7. The maximum atomic E-state index is 5.60. The van der Waals surface area contributed by atoms with Gasteiger partial charge in [0.15, 0.2) is 11.5 Å². The van der Waals surface area contributed by atoms with Crippen LogP contribution in [0.1, 0.15) is 25.8 Å². The van der Waals surface area contributed by atoms with Crippen LogP contribution >= 0.6 is 27.7 Å². The van der Waals surface area contributed by atoms with Crippen molar-refractivity contribution in [3.8, 4) is 11.5 Å². The van der Waals surface area contributed by atoms with E-state index in [9.17, 15) is 0 Å². The Labute approximate surface area is 134 Å². The third kappa shape index (κ3) is 5.54. The average molecular weight is 362 g/mol. The van der Waals surface area contributed by atoms with Gasteiger partial charge in [-0.1, -0.05) is 0 Å². The second kappa shape index (κ2) is 9.53. The number of rotatable bonds is 9. The van der Waals surface area contributed by atoms with E-state index in [1.54, 1.807) is 7.11 Å². The quantitative estimate of drug-likeness (QED) is 0.717. The number of methoxy groups -OCH3 is 1. The zero-order valence-corrected chi connectivity index (χ0v) is 15.1. The Morgan fingerprint density at radius 3 is 2.75 bits per heavy atom. The maximum Gasteiger partial charge on any atom is 0.175 e. The van der Waals surface area contributed by atoms with Crippen molar-refractivity contribution in [1.29, 1.82) is 0 Å². The molecule has 1 aromatic rings. The van der Waals surface area contributed by atoms with Gasteiger partial charge in [-0.05, 0) is 65.9 Å². The van der Waals surface area contributed by atoms with E-state index in [4.69, 9.17) is 9.47 Å². The van der Waals surface area contributed by atoms with Crippen LogP contribution in [0, 0.1) is 0 Å². The minimum atomic E-state index is 0.513. The molecule has 1 rings (SSSR count). The lowest BCUT2D eigenvalue weighted by molar-refractivity contribution is 0.308. The lowest BCUT2D eigenvalue weighted by Crippen LogP contribution is -2.26. The number of thioether (sulfide) groups is 1. The Bertz CT molecular complexity index is 415. The van der Waals surface area contributed by atoms with Crippen LogP contribution in [0.3, 0.4) is 0 Å². The van der Waals surface area contributed by atoms with Gasteiger partial charge in [0.2, 0.25) is 0 Å². The molecule has 1 atom stereocenters. The van der Waals surface area contributed by atoms with Gasteiger partial charge in [0, 0.05) is 12.6 Å². The Morgan fingerprint density at radius 1 is 1.40 bits per heavy atom. The molecule has 1 unspecified atom stereocenters. The summed E-state index contributed by atoms with van der Waals surface area (Å²) in [4.78, 5) is 0. The molecule has 0 bridgehead atoms. The molecule has 0 spiro atoms. The molecule has 1 aromatic carbocycles. The number of nitrogens with one attached hydrogen (secondary N) is 1. The number of hydrogen-bond acceptors (Lipinski definition) is 4. The standard InChI is InChI=1S/C15H24BrNO2S/c1-5-19-15-13(16)8-12(9-14(15)18-3)10-17-11(2)6-7-20-4/h8-9,11,17H,5-7,10H2,1-4H3. The number of benzene rings is 1. The van der Waals surface area contributed by atoms with Crippen molar-refractivity contribution in [2.75, 3.05) is 25.7 Å². The maximum absolute atomic E-state index is 5.60. The predicted molar refractivity (Wildman–Crippen MR) is 91.2 cm³/mol. The van der Waals surface area contributed by atoms with Gasteiger partial charge in [0.05, 0.1) is 18.2 Å². The van der Waals surface area contributed by atoms with Crippen LogP contribution in [0.25, 0.3) is 0 Å². The van der Waals surface area contributed by atoms with E-state index in [1.165, 1.54) is 17.7 Å². The lowest BCUT2D eigenvalue weighted by Gasteiger charge is -2.16. The molecule has 0 aliphatic heterocycles. The van der Waals surface area contributed by atoms with E-state index >= 15 is 0 Å². The number of hydrogen-bond donors (Lipinski definition) is 1. The average Bonchev–Trinajstić information content (AvgIpc) is 2.45. The molecule has 0 fully saturated rings. The first-order valence-electron chi connectivity index (χ1n) is 6.83. The summed E-state index contributed by atoms with van der Waals surface area (Å²) in [6, 6.07) is 4.63. The minimum absolute atomic E-state index is 0.513. The molecule has 0 aliphatic carbocycles. The summed E-state index contributed by atoms with van der Waals surface area (Å²) < 4.78 is 11.9. The van der Waals surface area contributed by atoms with E-state index in [-0.39, 0.29) is 0 Å². The minimum Gasteiger partial charge on any atom is -0.493 e. The number of ether oxygens (including phenoxy) is 2. The first-order chi connectivity index (χ1) is 9.62. The summed E-state index contributed by atoms with van der Waals surface area (Å²) >= 11 is 5.44.